The summed E-state index contributed by atoms with van der Waals surface area (Å²) in [6, 6.07) is 17.3. The van der Waals surface area contributed by atoms with Crippen LogP contribution in [-0.4, -0.2) is 17.1 Å². The number of hydrogen-bond donors (Lipinski definition) is 4. The predicted molar refractivity (Wildman–Crippen MR) is 153 cm³/mol. The monoisotopic (exact) mass is 679 g/mol. The van der Waals surface area contributed by atoms with Crippen LogP contribution in [0.15, 0.2) is 86.2 Å². The number of ether oxygens (including phenoxy) is 1. The van der Waals surface area contributed by atoms with Gasteiger partial charge in [0, 0.05) is 25.6 Å². The quantitative estimate of drug-likeness (QED) is 0.150. The number of amides is 2. The first-order chi connectivity index (χ1) is 17.0. The van der Waals surface area contributed by atoms with Crippen molar-refractivity contribution >= 4 is 76.9 Å². The minimum Gasteiger partial charge on any atom is -0.506 e. The van der Waals surface area contributed by atoms with Gasteiger partial charge < -0.3 is 20.9 Å². The Kier molecular flexibility index (Phi) is 9.21. The summed E-state index contributed by atoms with van der Waals surface area (Å²) in [6.07, 6.45) is 1.28. The van der Waals surface area contributed by atoms with Gasteiger partial charge in [-0.1, -0.05) is 63.9 Å². The minimum atomic E-state index is -0.965. The van der Waals surface area contributed by atoms with E-state index < -0.39 is 23.5 Å². The summed E-state index contributed by atoms with van der Waals surface area (Å²) in [5.41, 5.74) is 6.79. The summed E-state index contributed by atoms with van der Waals surface area (Å²) in [7, 11) is 0. The second-order valence-electron chi connectivity index (χ2n) is 8.47. The van der Waals surface area contributed by atoms with Crippen LogP contribution >= 0.6 is 47.8 Å². The van der Waals surface area contributed by atoms with Crippen LogP contribution in [0, 0.1) is 5.41 Å². The number of halogens is 3. The molecule has 0 aliphatic rings. The van der Waals surface area contributed by atoms with E-state index in [9.17, 15) is 14.7 Å². The number of phenols is 1. The molecule has 7 nitrogen and oxygen atoms in total. The van der Waals surface area contributed by atoms with Crippen LogP contribution in [-0.2, 0) is 9.53 Å². The van der Waals surface area contributed by atoms with Gasteiger partial charge in [-0.25, -0.2) is 4.79 Å². The Hall–Kier alpha value is -2.82. The highest BCUT2D eigenvalue weighted by Gasteiger charge is 2.35. The maximum atomic E-state index is 12.9. The lowest BCUT2D eigenvalue weighted by Gasteiger charge is -2.32. The molecule has 0 fully saturated rings. The summed E-state index contributed by atoms with van der Waals surface area (Å²) in [6.45, 7) is 3.58. The van der Waals surface area contributed by atoms with Crippen molar-refractivity contribution in [2.75, 3.05) is 16.4 Å². The van der Waals surface area contributed by atoms with Gasteiger partial charge in [0.15, 0.2) is 0 Å². The van der Waals surface area contributed by atoms with E-state index >= 15 is 0 Å². The Balaban J connectivity index is 1.89. The van der Waals surface area contributed by atoms with E-state index in [1.807, 2.05) is 0 Å². The van der Waals surface area contributed by atoms with Crippen LogP contribution in [0.25, 0.3) is 0 Å². The molecule has 0 unspecified atom stereocenters. The zero-order valence-corrected chi connectivity index (χ0v) is 24.1. The molecular weight excluding hydrogens is 658 g/mol. The standard InChI is InChI=1S/C26H24Br3N3O4/c1-26(2,12-11-22(33)32-21-6-4-3-5-20(21)30)24(18-13-16(28)14-19(29)23(18)34)36-25(35)31-17-9-7-15(27)8-10-17/h3-14,24,34H,30H2,1-2H3,(H,31,35)(H,32,33)/b12-11+/t24-/m1/s1. The molecule has 2 amide bonds. The molecule has 36 heavy (non-hydrogen) atoms. The van der Waals surface area contributed by atoms with Gasteiger partial charge in [0.25, 0.3) is 0 Å². The Bertz CT molecular complexity index is 1290. The van der Waals surface area contributed by atoms with E-state index in [1.165, 1.54) is 6.08 Å². The zero-order valence-electron chi connectivity index (χ0n) is 19.4. The van der Waals surface area contributed by atoms with Crippen molar-refractivity contribution in [1.29, 1.82) is 0 Å². The van der Waals surface area contributed by atoms with Crippen LogP contribution in [0.1, 0.15) is 25.5 Å². The molecule has 0 aliphatic heterocycles. The summed E-state index contributed by atoms with van der Waals surface area (Å²) in [5, 5.41) is 16.2. The second-order valence-corrected chi connectivity index (χ2v) is 11.2. The number of nitrogen functional groups attached to an aromatic ring is 1. The maximum absolute atomic E-state index is 12.9. The first kappa shape index (κ1) is 27.8. The van der Waals surface area contributed by atoms with Crippen molar-refractivity contribution in [2.45, 2.75) is 20.0 Å². The lowest BCUT2D eigenvalue weighted by molar-refractivity contribution is -0.112. The third kappa shape index (κ3) is 7.35. The second kappa shape index (κ2) is 11.9. The van der Waals surface area contributed by atoms with Gasteiger partial charge >= 0.3 is 6.09 Å². The SMILES string of the molecule is CC(C)(/C=C/C(=O)Nc1ccccc1N)[C@H](OC(=O)Nc1ccc(Br)cc1)c1cc(Br)cc(Br)c1O. The lowest BCUT2D eigenvalue weighted by atomic mass is 9.81. The third-order valence-corrected chi connectivity index (χ3v) is 6.81. The molecule has 0 saturated carbocycles. The number of anilines is 3. The summed E-state index contributed by atoms with van der Waals surface area (Å²) in [5.74, 6) is -0.485. The van der Waals surface area contributed by atoms with Crippen molar-refractivity contribution in [3.8, 4) is 5.75 Å². The van der Waals surface area contributed by atoms with Crippen LogP contribution in [0.3, 0.4) is 0 Å². The fourth-order valence-electron chi connectivity index (χ4n) is 3.35. The Labute approximate surface area is 234 Å². The minimum absolute atomic E-state index is 0.0809. The maximum Gasteiger partial charge on any atom is 0.412 e. The van der Waals surface area contributed by atoms with Gasteiger partial charge in [0.1, 0.15) is 11.9 Å². The number of aromatic hydroxyl groups is 1. The summed E-state index contributed by atoms with van der Waals surface area (Å²) in [4.78, 5) is 25.5. The molecule has 0 spiro atoms. The molecule has 3 rings (SSSR count). The normalized spacial score (nSPS) is 12.2. The van der Waals surface area contributed by atoms with Gasteiger partial charge in [-0.05, 0) is 70.5 Å². The summed E-state index contributed by atoms with van der Waals surface area (Å²) < 4.78 is 7.79. The number of para-hydroxylation sites is 2. The number of nitrogens with one attached hydrogen (secondary N) is 2. The molecule has 0 bridgehead atoms. The molecule has 10 heteroatoms. The van der Waals surface area contributed by atoms with Gasteiger partial charge in [0.2, 0.25) is 5.91 Å². The van der Waals surface area contributed by atoms with Crippen LogP contribution < -0.4 is 16.4 Å². The highest BCUT2D eigenvalue weighted by molar-refractivity contribution is 9.11. The molecule has 0 saturated heterocycles. The number of phenolic OH excluding ortho intramolecular Hbond substituents is 1. The number of carbonyl (C=O) groups excluding carboxylic acids is 2. The zero-order chi connectivity index (χ0) is 26.5. The molecule has 0 heterocycles. The van der Waals surface area contributed by atoms with Crippen LogP contribution in [0.2, 0.25) is 0 Å². The Morgan fingerprint density at radius 3 is 2.33 bits per heavy atom. The largest absolute Gasteiger partial charge is 0.506 e. The van der Waals surface area contributed by atoms with Gasteiger partial charge in [-0.15, -0.1) is 0 Å². The smallest absolute Gasteiger partial charge is 0.412 e. The number of rotatable bonds is 7. The molecule has 1 atom stereocenters. The van der Waals surface area contributed by atoms with E-state index in [1.54, 1.807) is 80.6 Å². The lowest BCUT2D eigenvalue weighted by Crippen LogP contribution is -2.28. The van der Waals surface area contributed by atoms with E-state index in [4.69, 9.17) is 10.5 Å². The van der Waals surface area contributed by atoms with Crippen LogP contribution in [0.4, 0.5) is 21.9 Å². The molecular formula is C26H24Br3N3O4. The number of nitrogens with two attached hydrogens (primary N) is 1. The van der Waals surface area contributed by atoms with E-state index in [2.05, 4.69) is 58.4 Å². The molecule has 3 aromatic rings. The van der Waals surface area contributed by atoms with E-state index in [0.717, 1.165) is 4.47 Å². The Morgan fingerprint density at radius 1 is 1.00 bits per heavy atom. The first-order valence-electron chi connectivity index (χ1n) is 10.7. The number of hydrogen-bond acceptors (Lipinski definition) is 5. The van der Waals surface area contributed by atoms with Gasteiger partial charge in [-0.2, -0.15) is 0 Å². The molecule has 0 aliphatic carbocycles. The average Bonchev–Trinajstić information content (AvgIpc) is 2.82. The molecule has 5 N–H and O–H groups in total. The first-order valence-corrected chi connectivity index (χ1v) is 13.1. The van der Waals surface area contributed by atoms with E-state index in [0.29, 0.717) is 31.6 Å². The predicted octanol–water partition coefficient (Wildman–Crippen LogP) is 7.77. The highest BCUT2D eigenvalue weighted by Crippen LogP contribution is 2.45. The fraction of sp³-hybridized carbons (Fsp3) is 0.154. The van der Waals surface area contributed by atoms with Gasteiger partial charge in [0.05, 0.1) is 15.8 Å². The third-order valence-electron chi connectivity index (χ3n) is 5.21. The molecule has 188 valence electrons. The molecule has 0 radical (unpaired) electrons. The summed E-state index contributed by atoms with van der Waals surface area (Å²) >= 11 is 10.1. The molecule has 0 aromatic heterocycles. The van der Waals surface area contributed by atoms with Crippen molar-refractivity contribution in [3.63, 3.8) is 0 Å². The van der Waals surface area contributed by atoms with Crippen molar-refractivity contribution in [3.05, 3.63) is 91.8 Å². The van der Waals surface area contributed by atoms with E-state index in [-0.39, 0.29) is 5.75 Å². The van der Waals surface area contributed by atoms with Crippen molar-refractivity contribution in [2.24, 2.45) is 5.41 Å². The average molecular weight is 682 g/mol. The fourth-order valence-corrected chi connectivity index (χ4v) is 4.88. The van der Waals surface area contributed by atoms with Crippen molar-refractivity contribution < 1.29 is 19.4 Å². The van der Waals surface area contributed by atoms with Gasteiger partial charge in [-0.3, -0.25) is 10.1 Å². The molecule has 3 aromatic carbocycles. The van der Waals surface area contributed by atoms with Crippen LogP contribution in [0.5, 0.6) is 5.75 Å². The Morgan fingerprint density at radius 2 is 1.67 bits per heavy atom. The van der Waals surface area contributed by atoms with Crippen molar-refractivity contribution in [1.82, 2.24) is 0 Å². The topological polar surface area (TPSA) is 114 Å². The number of carbonyl (C=O) groups is 2. The number of benzene rings is 3. The highest BCUT2D eigenvalue weighted by atomic mass is 79.9.